The fourth-order valence-electron chi connectivity index (χ4n) is 1.47. The molecule has 0 heterocycles. The fourth-order valence-corrected chi connectivity index (χ4v) is 1.47. The fraction of sp³-hybridized carbons (Fsp3) is 0.417. The first-order valence-electron chi connectivity index (χ1n) is 5.39. The van der Waals surface area contributed by atoms with Gasteiger partial charge in [0.05, 0.1) is 0 Å². The highest BCUT2D eigenvalue weighted by Crippen LogP contribution is 2.56. The zero-order chi connectivity index (χ0) is 16.7. The average molecular weight is 323 g/mol. The Hall–Kier alpha value is -1.41. The van der Waals surface area contributed by atoms with E-state index in [1.165, 1.54) is 19.4 Å². The average Bonchev–Trinajstić information content (AvgIpc) is 2.37. The van der Waals surface area contributed by atoms with E-state index >= 15 is 0 Å². The van der Waals surface area contributed by atoms with Crippen molar-refractivity contribution in [2.75, 3.05) is 0 Å². The first kappa shape index (κ1) is 17.6. The predicted molar refractivity (Wildman–Crippen MR) is 55.4 cm³/mol. The van der Waals surface area contributed by atoms with Crippen molar-refractivity contribution >= 4 is 0 Å². The normalized spacial score (nSPS) is 14.4. The molecular formula is C12H8F9. The van der Waals surface area contributed by atoms with Gasteiger partial charge in [0.1, 0.15) is 0 Å². The number of rotatable bonds is 4. The molecule has 0 N–H and O–H groups in total. The standard InChI is InChI=1S/C12H8F9/c1-2-7-4-3-5-8(6-7)9(13,14)10(15,16)11(17,18)12(19,20)21/h2-6H,1H3. The van der Waals surface area contributed by atoms with Gasteiger partial charge in [-0.15, -0.1) is 0 Å². The molecule has 1 aromatic carbocycles. The molecule has 1 aromatic rings. The molecule has 0 amide bonds. The second-order valence-corrected chi connectivity index (χ2v) is 4.14. The van der Waals surface area contributed by atoms with Gasteiger partial charge in [0, 0.05) is 5.56 Å². The van der Waals surface area contributed by atoms with Gasteiger partial charge < -0.3 is 0 Å². The van der Waals surface area contributed by atoms with Crippen LogP contribution in [0.5, 0.6) is 0 Å². The van der Waals surface area contributed by atoms with Gasteiger partial charge in [-0.1, -0.05) is 25.1 Å². The number of hydrogen-bond acceptors (Lipinski definition) is 0. The van der Waals surface area contributed by atoms with E-state index in [0.717, 1.165) is 6.07 Å². The summed E-state index contributed by atoms with van der Waals surface area (Å²) >= 11 is 0. The van der Waals surface area contributed by atoms with Crippen molar-refractivity contribution in [1.29, 1.82) is 0 Å². The lowest BCUT2D eigenvalue weighted by atomic mass is 9.95. The molecule has 0 nitrogen and oxygen atoms in total. The Labute approximate surface area is 113 Å². The van der Waals surface area contributed by atoms with E-state index in [-0.39, 0.29) is 5.56 Å². The van der Waals surface area contributed by atoms with Crippen LogP contribution in [-0.2, 0) is 5.92 Å². The number of benzene rings is 1. The molecular weight excluding hydrogens is 315 g/mol. The highest BCUT2D eigenvalue weighted by molar-refractivity contribution is 5.32. The smallest absolute Gasteiger partial charge is 0.194 e. The summed E-state index contributed by atoms with van der Waals surface area (Å²) < 4.78 is 115. The van der Waals surface area contributed by atoms with Crippen LogP contribution in [-0.4, -0.2) is 18.0 Å². The molecule has 9 heteroatoms. The summed E-state index contributed by atoms with van der Waals surface area (Å²) in [6, 6.07) is 2.81. The van der Waals surface area contributed by atoms with Gasteiger partial charge in [-0.2, -0.15) is 39.5 Å². The number of hydrogen-bond donors (Lipinski definition) is 0. The number of halogens is 9. The summed E-state index contributed by atoms with van der Waals surface area (Å²) in [5.74, 6) is -19.2. The Morgan fingerprint density at radius 3 is 1.76 bits per heavy atom. The lowest BCUT2D eigenvalue weighted by Crippen LogP contribution is -2.59. The molecule has 0 spiro atoms. The van der Waals surface area contributed by atoms with Crippen LogP contribution in [0, 0.1) is 6.42 Å². The number of alkyl halides is 9. The van der Waals surface area contributed by atoms with Gasteiger partial charge in [0.2, 0.25) is 0 Å². The predicted octanol–water partition coefficient (Wildman–Crippen LogP) is 5.18. The zero-order valence-corrected chi connectivity index (χ0v) is 10.3. The van der Waals surface area contributed by atoms with E-state index in [1.807, 2.05) is 0 Å². The van der Waals surface area contributed by atoms with Crippen LogP contribution >= 0.6 is 0 Å². The van der Waals surface area contributed by atoms with Crippen LogP contribution in [0.25, 0.3) is 0 Å². The highest BCUT2D eigenvalue weighted by atomic mass is 19.4. The third-order valence-corrected chi connectivity index (χ3v) is 2.73. The minimum absolute atomic E-state index is 0.0294. The van der Waals surface area contributed by atoms with Crippen LogP contribution in [0.3, 0.4) is 0 Å². The van der Waals surface area contributed by atoms with E-state index in [9.17, 15) is 39.5 Å². The molecule has 0 saturated carbocycles. The van der Waals surface area contributed by atoms with Gasteiger partial charge in [0.25, 0.3) is 0 Å². The molecule has 0 atom stereocenters. The molecule has 0 bridgehead atoms. The van der Waals surface area contributed by atoms with Crippen molar-refractivity contribution < 1.29 is 39.5 Å². The van der Waals surface area contributed by atoms with Crippen molar-refractivity contribution in [3.8, 4) is 0 Å². The molecule has 0 aromatic heterocycles. The van der Waals surface area contributed by atoms with Crippen molar-refractivity contribution in [2.45, 2.75) is 30.9 Å². The van der Waals surface area contributed by atoms with Crippen molar-refractivity contribution in [3.63, 3.8) is 0 Å². The maximum Gasteiger partial charge on any atom is 0.460 e. The summed E-state index contributed by atoms with van der Waals surface area (Å²) in [7, 11) is 0. The van der Waals surface area contributed by atoms with Gasteiger partial charge >= 0.3 is 23.9 Å². The van der Waals surface area contributed by atoms with E-state index in [0.29, 0.717) is 12.1 Å². The first-order chi connectivity index (χ1) is 9.29. The minimum atomic E-state index is -6.88. The van der Waals surface area contributed by atoms with E-state index in [2.05, 4.69) is 0 Å². The summed E-state index contributed by atoms with van der Waals surface area (Å²) in [4.78, 5) is 0. The summed E-state index contributed by atoms with van der Waals surface area (Å²) in [6.07, 6.45) is -5.62. The molecule has 1 radical (unpaired) electrons. The largest absolute Gasteiger partial charge is 0.460 e. The minimum Gasteiger partial charge on any atom is -0.194 e. The Morgan fingerprint density at radius 2 is 1.33 bits per heavy atom. The molecule has 0 aliphatic heterocycles. The third-order valence-electron chi connectivity index (χ3n) is 2.73. The second-order valence-electron chi connectivity index (χ2n) is 4.14. The molecule has 0 aliphatic rings. The summed E-state index contributed by atoms with van der Waals surface area (Å²) in [5, 5.41) is 0. The molecule has 0 aliphatic carbocycles. The Bertz CT molecular complexity index is 502. The molecule has 0 fully saturated rings. The third kappa shape index (κ3) is 2.69. The van der Waals surface area contributed by atoms with Crippen LogP contribution in [0.4, 0.5) is 39.5 Å². The van der Waals surface area contributed by atoms with Gasteiger partial charge in [-0.3, -0.25) is 0 Å². The molecule has 0 unspecified atom stereocenters. The van der Waals surface area contributed by atoms with Crippen molar-refractivity contribution in [1.82, 2.24) is 0 Å². The molecule has 21 heavy (non-hydrogen) atoms. The van der Waals surface area contributed by atoms with Gasteiger partial charge in [-0.25, -0.2) is 0 Å². The quantitative estimate of drug-likeness (QED) is 0.670. The maximum absolute atomic E-state index is 13.5. The van der Waals surface area contributed by atoms with Crippen LogP contribution in [0.1, 0.15) is 18.1 Å². The Balaban J connectivity index is 3.39. The Morgan fingerprint density at radius 1 is 0.810 bits per heavy atom. The van der Waals surface area contributed by atoms with E-state index < -0.39 is 29.5 Å². The van der Waals surface area contributed by atoms with Crippen LogP contribution < -0.4 is 0 Å². The van der Waals surface area contributed by atoms with Crippen LogP contribution in [0.15, 0.2) is 24.3 Å². The van der Waals surface area contributed by atoms with Gasteiger partial charge in [0.15, 0.2) is 0 Å². The van der Waals surface area contributed by atoms with E-state index in [1.54, 1.807) is 0 Å². The SMILES string of the molecule is C[CH]c1cccc(C(F)(F)C(F)(F)C(F)(F)C(F)(F)F)c1. The zero-order valence-electron chi connectivity index (χ0n) is 10.3. The summed E-state index contributed by atoms with van der Waals surface area (Å²) in [6.45, 7) is 1.35. The molecule has 1 rings (SSSR count). The van der Waals surface area contributed by atoms with E-state index in [4.69, 9.17) is 0 Å². The maximum atomic E-state index is 13.5. The van der Waals surface area contributed by atoms with Crippen LogP contribution in [0.2, 0.25) is 0 Å². The molecule has 119 valence electrons. The molecule has 0 saturated heterocycles. The topological polar surface area (TPSA) is 0 Å². The lowest BCUT2D eigenvalue weighted by Gasteiger charge is -2.33. The second kappa shape index (κ2) is 5.10. The monoisotopic (exact) mass is 323 g/mol. The van der Waals surface area contributed by atoms with Gasteiger partial charge in [-0.05, 0) is 18.1 Å². The Kier molecular flexibility index (Phi) is 4.28. The lowest BCUT2D eigenvalue weighted by molar-refractivity contribution is -0.399. The van der Waals surface area contributed by atoms with Crippen molar-refractivity contribution in [2.24, 2.45) is 0 Å². The summed E-state index contributed by atoms with van der Waals surface area (Å²) in [5.41, 5.74) is -1.66. The van der Waals surface area contributed by atoms with Crippen molar-refractivity contribution in [3.05, 3.63) is 41.8 Å². The first-order valence-corrected chi connectivity index (χ1v) is 5.39. The highest BCUT2D eigenvalue weighted by Gasteiger charge is 2.81.